The zero-order valence-corrected chi connectivity index (χ0v) is 11.9. The lowest BCUT2D eigenvalue weighted by Crippen LogP contribution is -2.49. The van der Waals surface area contributed by atoms with Gasteiger partial charge in [0.15, 0.2) is 0 Å². The van der Waals surface area contributed by atoms with Crippen molar-refractivity contribution in [2.75, 3.05) is 0 Å². The maximum absolute atomic E-state index is 12.4. The summed E-state index contributed by atoms with van der Waals surface area (Å²) in [6.07, 6.45) is 4.05. The molecule has 0 aliphatic heterocycles. The smallest absolute Gasteiger partial charge is 0.255 e. The Morgan fingerprint density at radius 2 is 1.90 bits per heavy atom. The predicted molar refractivity (Wildman–Crippen MR) is 83.3 cm³/mol. The maximum Gasteiger partial charge on any atom is 0.255 e. The van der Waals surface area contributed by atoms with Crippen molar-refractivity contribution >= 4 is 16.7 Å². The largest absolute Gasteiger partial charge is 0.506 e. The van der Waals surface area contributed by atoms with Gasteiger partial charge in [-0.05, 0) is 24.3 Å². The fourth-order valence-electron chi connectivity index (χ4n) is 3.02. The van der Waals surface area contributed by atoms with E-state index in [9.17, 15) is 9.90 Å². The summed E-state index contributed by atoms with van der Waals surface area (Å²) in [7, 11) is 0. The highest BCUT2D eigenvalue weighted by atomic mass is 16.3. The van der Waals surface area contributed by atoms with E-state index >= 15 is 0 Å². The summed E-state index contributed by atoms with van der Waals surface area (Å²) in [5.41, 5.74) is 6.37. The highest BCUT2D eigenvalue weighted by molar-refractivity contribution is 6.03. The molecule has 2 aromatic carbocycles. The number of carbonyl (C=O) groups excluding carboxylic acids is 1. The molecular formula is C17H20N2O2. The van der Waals surface area contributed by atoms with Gasteiger partial charge in [-0.25, -0.2) is 0 Å². The number of aromatic hydroxyl groups is 1. The molecule has 1 aliphatic carbocycles. The first-order chi connectivity index (χ1) is 10.2. The quantitative estimate of drug-likeness (QED) is 0.793. The Morgan fingerprint density at radius 1 is 1.14 bits per heavy atom. The molecule has 3 rings (SSSR count). The Labute approximate surface area is 124 Å². The summed E-state index contributed by atoms with van der Waals surface area (Å²) in [5.74, 6) is -0.212. The molecule has 110 valence electrons. The number of amides is 1. The van der Waals surface area contributed by atoms with E-state index < -0.39 is 0 Å². The first-order valence-electron chi connectivity index (χ1n) is 7.44. The Bertz CT molecular complexity index is 669. The summed E-state index contributed by atoms with van der Waals surface area (Å²) in [6, 6.07) is 11.0. The lowest BCUT2D eigenvalue weighted by atomic mass is 9.90. The van der Waals surface area contributed by atoms with E-state index in [1.54, 1.807) is 6.07 Å². The van der Waals surface area contributed by atoms with Crippen molar-refractivity contribution in [2.45, 2.75) is 37.8 Å². The van der Waals surface area contributed by atoms with Crippen molar-refractivity contribution in [3.8, 4) is 5.75 Å². The third-order valence-electron chi connectivity index (χ3n) is 4.28. The van der Waals surface area contributed by atoms with E-state index in [0.717, 1.165) is 31.1 Å². The van der Waals surface area contributed by atoms with Crippen LogP contribution in [0.4, 0.5) is 0 Å². The molecule has 4 heteroatoms. The second kappa shape index (κ2) is 5.74. The number of phenolic OH excluding ortho intramolecular Hbond substituents is 1. The molecule has 0 spiro atoms. The van der Waals surface area contributed by atoms with Crippen LogP contribution in [0.2, 0.25) is 0 Å². The molecule has 0 saturated heterocycles. The van der Waals surface area contributed by atoms with Crippen LogP contribution in [0, 0.1) is 0 Å². The Kier molecular flexibility index (Phi) is 3.80. The van der Waals surface area contributed by atoms with Crippen LogP contribution in [-0.2, 0) is 0 Å². The number of hydrogen-bond acceptors (Lipinski definition) is 3. The SMILES string of the molecule is N[C@@H]1CCCC[C@H]1NC(=O)c1ccc2ccccc2c1O. The van der Waals surface area contributed by atoms with E-state index in [0.29, 0.717) is 10.9 Å². The van der Waals surface area contributed by atoms with Gasteiger partial charge in [-0.2, -0.15) is 0 Å². The highest BCUT2D eigenvalue weighted by Crippen LogP contribution is 2.29. The fraction of sp³-hybridized carbons (Fsp3) is 0.353. The van der Waals surface area contributed by atoms with Crippen LogP contribution in [0.5, 0.6) is 5.75 Å². The molecule has 1 amide bonds. The third kappa shape index (κ3) is 2.72. The molecule has 0 bridgehead atoms. The standard InChI is InChI=1S/C17H20N2O2/c18-14-7-3-4-8-15(14)19-17(21)13-10-9-11-5-1-2-6-12(11)16(13)20/h1-2,5-6,9-10,14-15,20H,3-4,7-8,18H2,(H,19,21)/t14-,15-/m1/s1. The van der Waals surface area contributed by atoms with Crippen LogP contribution in [0.3, 0.4) is 0 Å². The number of benzene rings is 2. The van der Waals surface area contributed by atoms with Gasteiger partial charge in [-0.1, -0.05) is 43.2 Å². The molecule has 2 aromatic rings. The van der Waals surface area contributed by atoms with E-state index in [1.807, 2.05) is 30.3 Å². The van der Waals surface area contributed by atoms with E-state index in [-0.39, 0.29) is 23.7 Å². The number of nitrogens with one attached hydrogen (secondary N) is 1. The zero-order valence-electron chi connectivity index (χ0n) is 11.9. The lowest BCUT2D eigenvalue weighted by molar-refractivity contribution is 0.0919. The van der Waals surface area contributed by atoms with Gasteiger partial charge in [0.2, 0.25) is 0 Å². The molecule has 0 aromatic heterocycles. The van der Waals surface area contributed by atoms with Crippen LogP contribution in [0.15, 0.2) is 36.4 Å². The molecule has 4 nitrogen and oxygen atoms in total. The summed E-state index contributed by atoms with van der Waals surface area (Å²) in [6.45, 7) is 0. The van der Waals surface area contributed by atoms with Gasteiger partial charge in [0.05, 0.1) is 5.56 Å². The fourth-order valence-corrected chi connectivity index (χ4v) is 3.02. The number of phenols is 1. The normalized spacial score (nSPS) is 22.1. The van der Waals surface area contributed by atoms with Gasteiger partial charge in [0.25, 0.3) is 5.91 Å². The minimum atomic E-state index is -0.249. The number of rotatable bonds is 2. The van der Waals surface area contributed by atoms with E-state index in [2.05, 4.69) is 5.32 Å². The van der Waals surface area contributed by atoms with Gasteiger partial charge in [-0.3, -0.25) is 4.79 Å². The highest BCUT2D eigenvalue weighted by Gasteiger charge is 2.24. The second-order valence-corrected chi connectivity index (χ2v) is 5.71. The number of carbonyl (C=O) groups is 1. The van der Waals surface area contributed by atoms with Crippen LogP contribution in [0.25, 0.3) is 10.8 Å². The first kappa shape index (κ1) is 13.9. The number of fused-ring (bicyclic) bond motifs is 1. The van der Waals surface area contributed by atoms with Gasteiger partial charge in [0.1, 0.15) is 5.75 Å². The van der Waals surface area contributed by atoms with Crippen molar-refractivity contribution in [3.05, 3.63) is 42.0 Å². The summed E-state index contributed by atoms with van der Waals surface area (Å²) >= 11 is 0. The summed E-state index contributed by atoms with van der Waals surface area (Å²) in [4.78, 5) is 12.4. The molecule has 1 saturated carbocycles. The topological polar surface area (TPSA) is 75.3 Å². The van der Waals surface area contributed by atoms with Crippen molar-refractivity contribution in [2.24, 2.45) is 5.73 Å². The Morgan fingerprint density at radius 3 is 2.71 bits per heavy atom. The average molecular weight is 284 g/mol. The summed E-state index contributed by atoms with van der Waals surface area (Å²) < 4.78 is 0. The van der Waals surface area contributed by atoms with Gasteiger partial charge >= 0.3 is 0 Å². The second-order valence-electron chi connectivity index (χ2n) is 5.71. The van der Waals surface area contributed by atoms with E-state index in [4.69, 9.17) is 5.73 Å². The maximum atomic E-state index is 12.4. The lowest BCUT2D eigenvalue weighted by Gasteiger charge is -2.29. The van der Waals surface area contributed by atoms with Crippen molar-refractivity contribution in [1.82, 2.24) is 5.32 Å². The van der Waals surface area contributed by atoms with Crippen LogP contribution in [0.1, 0.15) is 36.0 Å². The van der Waals surface area contributed by atoms with Crippen LogP contribution < -0.4 is 11.1 Å². The summed E-state index contributed by atoms with van der Waals surface area (Å²) in [5, 5.41) is 14.9. The number of hydrogen-bond donors (Lipinski definition) is 3. The van der Waals surface area contributed by atoms with Crippen molar-refractivity contribution < 1.29 is 9.90 Å². The van der Waals surface area contributed by atoms with Gasteiger partial charge in [0, 0.05) is 17.5 Å². The molecule has 0 heterocycles. The van der Waals surface area contributed by atoms with Crippen molar-refractivity contribution in [1.29, 1.82) is 0 Å². The molecule has 1 fully saturated rings. The molecule has 4 N–H and O–H groups in total. The molecule has 0 unspecified atom stereocenters. The first-order valence-corrected chi connectivity index (χ1v) is 7.44. The van der Waals surface area contributed by atoms with Gasteiger partial charge in [-0.15, -0.1) is 0 Å². The number of nitrogens with two attached hydrogens (primary N) is 1. The minimum Gasteiger partial charge on any atom is -0.506 e. The zero-order chi connectivity index (χ0) is 14.8. The molecular weight excluding hydrogens is 264 g/mol. The Balaban J connectivity index is 1.86. The monoisotopic (exact) mass is 284 g/mol. The average Bonchev–Trinajstić information content (AvgIpc) is 2.50. The third-order valence-corrected chi connectivity index (χ3v) is 4.28. The van der Waals surface area contributed by atoms with Crippen LogP contribution in [-0.4, -0.2) is 23.1 Å². The van der Waals surface area contributed by atoms with Crippen molar-refractivity contribution in [3.63, 3.8) is 0 Å². The van der Waals surface area contributed by atoms with Crippen LogP contribution >= 0.6 is 0 Å². The molecule has 21 heavy (non-hydrogen) atoms. The molecule has 1 aliphatic rings. The van der Waals surface area contributed by atoms with E-state index in [1.165, 1.54) is 0 Å². The minimum absolute atomic E-state index is 0.00267. The Hall–Kier alpha value is -2.07. The predicted octanol–water partition coefficient (Wildman–Crippen LogP) is 2.55. The molecule has 0 radical (unpaired) electrons. The molecule has 2 atom stereocenters. The van der Waals surface area contributed by atoms with Gasteiger partial charge < -0.3 is 16.2 Å².